The number of rotatable bonds is 8. The minimum atomic E-state index is -0.236. The molecule has 2 aliphatic carbocycles. The summed E-state index contributed by atoms with van der Waals surface area (Å²) in [6.45, 7) is 0. The predicted octanol–water partition coefficient (Wildman–Crippen LogP) is 6.79. The largest absolute Gasteiger partial charge is 0.367 e. The van der Waals surface area contributed by atoms with Gasteiger partial charge >= 0.3 is 0 Å². The number of anilines is 2. The quantitative estimate of drug-likeness (QED) is 0.171. The minimum absolute atomic E-state index is 0.236. The zero-order valence-electron chi connectivity index (χ0n) is 25.9. The van der Waals surface area contributed by atoms with Gasteiger partial charge in [-0.1, -0.05) is 38.5 Å². The van der Waals surface area contributed by atoms with Crippen molar-refractivity contribution in [3.05, 3.63) is 95.1 Å². The van der Waals surface area contributed by atoms with E-state index in [-0.39, 0.29) is 11.8 Å². The summed E-state index contributed by atoms with van der Waals surface area (Å²) in [7, 11) is 3.60. The van der Waals surface area contributed by atoms with Gasteiger partial charge in [0.15, 0.2) is 0 Å². The number of amidine groups is 2. The number of hydrogen-bond acceptors (Lipinski definition) is 4. The summed E-state index contributed by atoms with van der Waals surface area (Å²) in [6.07, 6.45) is 12.3. The number of carbonyl (C=O) groups is 2. The molecule has 3 aromatic carbocycles. The van der Waals surface area contributed by atoms with Crippen LogP contribution < -0.4 is 21.3 Å². The molecule has 0 heterocycles. The lowest BCUT2D eigenvalue weighted by atomic mass is 9.95. The van der Waals surface area contributed by atoms with Gasteiger partial charge in [-0.3, -0.25) is 19.6 Å². The number of nitrogens with zero attached hydrogens (tertiary/aromatic N) is 2. The van der Waals surface area contributed by atoms with Gasteiger partial charge in [0.1, 0.15) is 11.7 Å². The van der Waals surface area contributed by atoms with E-state index in [9.17, 15) is 9.59 Å². The molecule has 8 heteroatoms. The van der Waals surface area contributed by atoms with E-state index in [1.807, 2.05) is 48.5 Å². The van der Waals surface area contributed by atoms with Crippen molar-refractivity contribution in [2.75, 3.05) is 24.7 Å². The number of aliphatic imine (C=N–C) groups is 2. The highest BCUT2D eigenvalue weighted by molar-refractivity contribution is 6.07. The molecule has 0 aliphatic heterocycles. The van der Waals surface area contributed by atoms with Crippen molar-refractivity contribution in [2.24, 2.45) is 9.98 Å². The Morgan fingerprint density at radius 2 is 0.818 bits per heavy atom. The van der Waals surface area contributed by atoms with Crippen molar-refractivity contribution in [1.82, 2.24) is 10.6 Å². The maximum Gasteiger partial charge on any atom is 0.255 e. The highest BCUT2D eigenvalue weighted by Crippen LogP contribution is 2.20. The molecule has 0 aromatic heterocycles. The van der Waals surface area contributed by atoms with Gasteiger partial charge in [-0.05, 0) is 98.5 Å². The molecule has 4 N–H and O–H groups in total. The highest BCUT2D eigenvalue weighted by atomic mass is 16.2. The average Bonchev–Trinajstić information content (AvgIpc) is 3.08. The molecule has 2 amide bonds. The summed E-state index contributed by atoms with van der Waals surface area (Å²) in [6, 6.07) is 23.0. The zero-order chi connectivity index (χ0) is 30.7. The van der Waals surface area contributed by atoms with Crippen LogP contribution in [-0.4, -0.2) is 49.7 Å². The van der Waals surface area contributed by atoms with Crippen LogP contribution >= 0.6 is 0 Å². The summed E-state index contributed by atoms with van der Waals surface area (Å²) in [4.78, 5) is 34.7. The van der Waals surface area contributed by atoms with Gasteiger partial charge in [0.2, 0.25) is 0 Å². The molecule has 0 spiro atoms. The Bertz CT molecular complexity index is 1340. The Morgan fingerprint density at radius 1 is 0.500 bits per heavy atom. The molecule has 0 radical (unpaired) electrons. The molecule has 0 unspecified atom stereocenters. The van der Waals surface area contributed by atoms with Crippen LogP contribution in [0.3, 0.4) is 0 Å². The fraction of sp³-hybridized carbons (Fsp3) is 0.389. The van der Waals surface area contributed by atoms with E-state index in [1.165, 1.54) is 64.2 Å². The second-order valence-corrected chi connectivity index (χ2v) is 11.7. The van der Waals surface area contributed by atoms with Gasteiger partial charge in [0.05, 0.1) is 0 Å². The summed E-state index contributed by atoms with van der Waals surface area (Å²) in [5.74, 6) is 1.29. The molecule has 0 saturated heterocycles. The molecular weight excluding hydrogens is 548 g/mol. The van der Waals surface area contributed by atoms with Crippen molar-refractivity contribution in [3.63, 3.8) is 0 Å². The van der Waals surface area contributed by atoms with Crippen LogP contribution in [0.5, 0.6) is 0 Å². The number of benzene rings is 3. The topological polar surface area (TPSA) is 107 Å². The number of amides is 2. The molecule has 44 heavy (non-hydrogen) atoms. The molecule has 5 rings (SSSR count). The lowest BCUT2D eigenvalue weighted by molar-refractivity contribution is 0.101. The first-order valence-corrected chi connectivity index (χ1v) is 15.9. The van der Waals surface area contributed by atoms with Crippen molar-refractivity contribution in [3.8, 4) is 0 Å². The van der Waals surface area contributed by atoms with Gasteiger partial charge in [-0.15, -0.1) is 0 Å². The third-order valence-electron chi connectivity index (χ3n) is 8.58. The van der Waals surface area contributed by atoms with Crippen LogP contribution in [0.1, 0.15) is 96.1 Å². The van der Waals surface area contributed by atoms with Crippen molar-refractivity contribution < 1.29 is 9.59 Å². The molecular formula is C36H44N6O2. The molecule has 2 fully saturated rings. The second kappa shape index (κ2) is 15.3. The van der Waals surface area contributed by atoms with Gasteiger partial charge in [0, 0.05) is 59.8 Å². The normalized spacial score (nSPS) is 16.7. The molecule has 3 aromatic rings. The van der Waals surface area contributed by atoms with Crippen molar-refractivity contribution in [2.45, 2.75) is 76.3 Å². The number of carbonyl (C=O) groups excluding carboxylic acids is 2. The second-order valence-electron chi connectivity index (χ2n) is 11.7. The van der Waals surface area contributed by atoms with E-state index in [2.05, 4.69) is 31.3 Å². The summed E-state index contributed by atoms with van der Waals surface area (Å²) in [5, 5.41) is 13.1. The summed E-state index contributed by atoms with van der Waals surface area (Å²) < 4.78 is 0. The third kappa shape index (κ3) is 8.34. The monoisotopic (exact) mass is 592 g/mol. The van der Waals surface area contributed by atoms with Gasteiger partial charge < -0.3 is 21.3 Å². The smallest absolute Gasteiger partial charge is 0.255 e. The molecule has 2 aliphatic rings. The standard InChI is InChI=1S/C36H44N6O2/c1-37-33(39-29-9-5-3-6-10-29)25-17-21-31(22-18-25)41-35(43)27-13-15-28(16-14-27)36(44)42-32-23-19-26(20-24-32)34(38-2)40-30-11-7-4-8-12-30/h13-24,29-30H,3-12H2,1-2H3,(H,37,39)(H,38,40)(H,41,43)(H,42,44). The fourth-order valence-electron chi connectivity index (χ4n) is 6.04. The Hall–Kier alpha value is -4.46. The van der Waals surface area contributed by atoms with Gasteiger partial charge in [-0.25, -0.2) is 0 Å². The van der Waals surface area contributed by atoms with Crippen LogP contribution in [0.25, 0.3) is 0 Å². The van der Waals surface area contributed by atoms with Crippen LogP contribution in [0, 0.1) is 0 Å². The Kier molecular flexibility index (Phi) is 10.8. The lowest BCUT2D eigenvalue weighted by Gasteiger charge is -2.24. The average molecular weight is 593 g/mol. The van der Waals surface area contributed by atoms with Crippen LogP contribution in [-0.2, 0) is 0 Å². The van der Waals surface area contributed by atoms with E-state index in [0.29, 0.717) is 34.6 Å². The van der Waals surface area contributed by atoms with Gasteiger partial charge in [0.25, 0.3) is 11.8 Å². The van der Waals surface area contributed by atoms with Crippen LogP contribution in [0.2, 0.25) is 0 Å². The van der Waals surface area contributed by atoms with E-state index in [4.69, 9.17) is 0 Å². The zero-order valence-corrected chi connectivity index (χ0v) is 25.9. The molecule has 0 bridgehead atoms. The van der Waals surface area contributed by atoms with E-state index in [0.717, 1.165) is 22.8 Å². The van der Waals surface area contributed by atoms with Gasteiger partial charge in [-0.2, -0.15) is 0 Å². The first-order valence-electron chi connectivity index (χ1n) is 15.9. The van der Waals surface area contributed by atoms with Crippen LogP contribution in [0.15, 0.2) is 82.8 Å². The van der Waals surface area contributed by atoms with Crippen molar-refractivity contribution in [1.29, 1.82) is 0 Å². The minimum Gasteiger partial charge on any atom is -0.367 e. The molecule has 8 nitrogen and oxygen atoms in total. The third-order valence-corrected chi connectivity index (χ3v) is 8.58. The Morgan fingerprint density at radius 3 is 1.14 bits per heavy atom. The molecule has 0 atom stereocenters. The maximum atomic E-state index is 12.9. The van der Waals surface area contributed by atoms with E-state index < -0.39 is 0 Å². The summed E-state index contributed by atoms with van der Waals surface area (Å²) in [5.41, 5.74) is 4.33. The van der Waals surface area contributed by atoms with E-state index in [1.54, 1.807) is 38.4 Å². The highest BCUT2D eigenvalue weighted by Gasteiger charge is 2.17. The van der Waals surface area contributed by atoms with Crippen LogP contribution in [0.4, 0.5) is 11.4 Å². The SMILES string of the molecule is CN=C(NC1CCCCC1)c1ccc(NC(=O)c2ccc(C(=O)Nc3ccc(C(=NC)NC4CCCCC4)cc3)cc2)cc1. The van der Waals surface area contributed by atoms with E-state index >= 15 is 0 Å². The first kappa shape index (κ1) is 31.0. The first-order chi connectivity index (χ1) is 21.5. The maximum absolute atomic E-state index is 12.9. The molecule has 2 saturated carbocycles. The Labute approximate surface area is 260 Å². The predicted molar refractivity (Wildman–Crippen MR) is 180 cm³/mol. The lowest BCUT2D eigenvalue weighted by Crippen LogP contribution is -2.36. The fourth-order valence-corrected chi connectivity index (χ4v) is 6.04. The van der Waals surface area contributed by atoms with Crippen molar-refractivity contribution >= 4 is 34.9 Å². The number of hydrogen-bond donors (Lipinski definition) is 4. The Balaban J connectivity index is 1.13. The number of nitrogens with one attached hydrogen (secondary N) is 4. The molecule has 230 valence electrons. The summed E-state index contributed by atoms with van der Waals surface area (Å²) >= 11 is 0.